The molecule has 0 saturated heterocycles. The maximum atomic E-state index is 10.6. The van der Waals surface area contributed by atoms with E-state index in [4.69, 9.17) is 5.11 Å². The Labute approximate surface area is 72.0 Å². The number of allylic oxidation sites excluding steroid dienone is 1. The van der Waals surface area contributed by atoms with Gasteiger partial charge in [-0.15, -0.1) is 0 Å². The van der Waals surface area contributed by atoms with Gasteiger partial charge in [0.2, 0.25) is 0 Å². The van der Waals surface area contributed by atoms with Gasteiger partial charge >= 0.3 is 5.97 Å². The molecule has 1 unspecified atom stereocenters. The molecule has 0 aromatic carbocycles. The summed E-state index contributed by atoms with van der Waals surface area (Å²) in [5.74, 6) is -0.852. The number of carboxylic acid groups (broad SMARTS) is 1. The molecule has 0 aliphatic carbocycles. The summed E-state index contributed by atoms with van der Waals surface area (Å²) in [4.78, 5) is 12.7. The van der Waals surface area contributed by atoms with Gasteiger partial charge in [-0.2, -0.15) is 0 Å². The van der Waals surface area contributed by atoms with Crippen LogP contribution in [0.1, 0.15) is 13.8 Å². The zero-order chi connectivity index (χ0) is 9.30. The van der Waals surface area contributed by atoms with Crippen LogP contribution in [0.5, 0.6) is 0 Å². The molecular weight excluding hydrogens is 154 g/mol. The Morgan fingerprint density at radius 1 is 1.67 bits per heavy atom. The minimum absolute atomic E-state index is 0.168. The van der Waals surface area contributed by atoms with Crippen molar-refractivity contribution in [2.45, 2.75) is 19.9 Å². The molecule has 0 aromatic heterocycles. The first-order valence-electron chi connectivity index (χ1n) is 3.88. The molecule has 0 saturated carbocycles. The maximum Gasteiger partial charge on any atom is 0.335 e. The molecule has 1 heterocycles. The van der Waals surface area contributed by atoms with Crippen molar-refractivity contribution in [1.29, 1.82) is 0 Å². The van der Waals surface area contributed by atoms with Crippen LogP contribution in [0.3, 0.4) is 0 Å². The summed E-state index contributed by atoms with van der Waals surface area (Å²) in [6, 6.07) is 0.168. The average Bonchev–Trinajstić information content (AvgIpc) is 1.99. The minimum atomic E-state index is -0.852. The third-order valence-electron chi connectivity index (χ3n) is 2.20. The van der Waals surface area contributed by atoms with Crippen LogP contribution >= 0.6 is 0 Å². The van der Waals surface area contributed by atoms with Crippen LogP contribution in [0.4, 0.5) is 0 Å². The van der Waals surface area contributed by atoms with E-state index in [0.717, 1.165) is 5.70 Å². The fourth-order valence-corrected chi connectivity index (χ4v) is 1.20. The van der Waals surface area contributed by atoms with Crippen LogP contribution in [-0.2, 0) is 4.79 Å². The molecule has 3 heteroatoms. The van der Waals surface area contributed by atoms with Crippen LogP contribution in [-0.4, -0.2) is 29.1 Å². The fourth-order valence-electron chi connectivity index (χ4n) is 1.20. The molecule has 1 aliphatic rings. The number of hydrogen-bond acceptors (Lipinski definition) is 2. The van der Waals surface area contributed by atoms with Crippen molar-refractivity contribution in [3.8, 4) is 0 Å². The predicted molar refractivity (Wildman–Crippen MR) is 46.7 cm³/mol. The molecule has 0 radical (unpaired) electrons. The van der Waals surface area contributed by atoms with Gasteiger partial charge in [0.05, 0.1) is 5.57 Å². The van der Waals surface area contributed by atoms with Crippen molar-refractivity contribution in [3.63, 3.8) is 0 Å². The maximum absolute atomic E-state index is 10.6. The van der Waals surface area contributed by atoms with Crippen LogP contribution in [0.25, 0.3) is 0 Å². The van der Waals surface area contributed by atoms with Crippen molar-refractivity contribution < 1.29 is 9.90 Å². The largest absolute Gasteiger partial charge is 0.478 e. The van der Waals surface area contributed by atoms with Gasteiger partial charge < -0.3 is 10.0 Å². The standard InChI is InChI=1S/C9H13NO2/c1-6-4-8(9(11)12)5-7(2)10(6)3/h4-6H,1-3H3,(H,11,12). The molecule has 1 N–H and O–H groups in total. The van der Waals surface area contributed by atoms with Crippen molar-refractivity contribution in [3.05, 3.63) is 23.4 Å². The molecule has 0 amide bonds. The summed E-state index contributed by atoms with van der Waals surface area (Å²) >= 11 is 0. The second kappa shape index (κ2) is 3.01. The molecule has 1 atom stereocenters. The van der Waals surface area contributed by atoms with E-state index in [2.05, 4.69) is 0 Å². The second-order valence-corrected chi connectivity index (χ2v) is 3.06. The monoisotopic (exact) mass is 167 g/mol. The first kappa shape index (κ1) is 8.84. The van der Waals surface area contributed by atoms with Gasteiger partial charge in [0, 0.05) is 18.8 Å². The highest BCUT2D eigenvalue weighted by Gasteiger charge is 2.16. The van der Waals surface area contributed by atoms with Crippen molar-refractivity contribution in [1.82, 2.24) is 4.90 Å². The van der Waals surface area contributed by atoms with E-state index in [-0.39, 0.29) is 6.04 Å². The Kier molecular flexibility index (Phi) is 2.22. The van der Waals surface area contributed by atoms with E-state index in [9.17, 15) is 4.79 Å². The highest BCUT2D eigenvalue weighted by atomic mass is 16.4. The Balaban J connectivity index is 2.95. The SMILES string of the molecule is CC1=CC(C(=O)O)=CC(C)N1C. The van der Waals surface area contributed by atoms with Gasteiger partial charge in [0.1, 0.15) is 0 Å². The first-order valence-corrected chi connectivity index (χ1v) is 3.88. The van der Waals surface area contributed by atoms with Crippen molar-refractivity contribution >= 4 is 5.97 Å². The molecule has 0 bridgehead atoms. The number of hydrogen-bond donors (Lipinski definition) is 1. The third kappa shape index (κ3) is 1.49. The summed E-state index contributed by atoms with van der Waals surface area (Å²) in [5, 5.41) is 8.73. The van der Waals surface area contributed by atoms with Crippen LogP contribution in [0.2, 0.25) is 0 Å². The van der Waals surface area contributed by atoms with Gasteiger partial charge in [-0.05, 0) is 26.0 Å². The van der Waals surface area contributed by atoms with E-state index in [1.54, 1.807) is 12.2 Å². The Hall–Kier alpha value is -1.25. The summed E-state index contributed by atoms with van der Waals surface area (Å²) < 4.78 is 0. The van der Waals surface area contributed by atoms with Gasteiger partial charge in [-0.25, -0.2) is 4.79 Å². The van der Waals surface area contributed by atoms with Crippen LogP contribution < -0.4 is 0 Å². The third-order valence-corrected chi connectivity index (χ3v) is 2.20. The number of carboxylic acids is 1. The zero-order valence-electron chi connectivity index (χ0n) is 7.53. The van der Waals surface area contributed by atoms with Crippen molar-refractivity contribution in [2.75, 3.05) is 7.05 Å². The Bertz CT molecular complexity index is 266. The fraction of sp³-hybridized carbons (Fsp3) is 0.444. The van der Waals surface area contributed by atoms with Gasteiger partial charge in [-0.3, -0.25) is 0 Å². The van der Waals surface area contributed by atoms with Crippen LogP contribution in [0.15, 0.2) is 23.4 Å². The summed E-state index contributed by atoms with van der Waals surface area (Å²) in [6.45, 7) is 3.88. The molecule has 66 valence electrons. The van der Waals surface area contributed by atoms with E-state index >= 15 is 0 Å². The number of aliphatic carboxylic acids is 1. The molecular formula is C9H13NO2. The number of rotatable bonds is 1. The van der Waals surface area contributed by atoms with E-state index < -0.39 is 5.97 Å². The van der Waals surface area contributed by atoms with Gasteiger partial charge in [-0.1, -0.05) is 0 Å². The summed E-state index contributed by atoms with van der Waals surface area (Å²) in [5.41, 5.74) is 1.38. The molecule has 12 heavy (non-hydrogen) atoms. The summed E-state index contributed by atoms with van der Waals surface area (Å²) in [7, 11) is 1.95. The lowest BCUT2D eigenvalue weighted by molar-refractivity contribution is -0.132. The number of carbonyl (C=O) groups is 1. The smallest absolute Gasteiger partial charge is 0.335 e. The quantitative estimate of drug-likeness (QED) is 0.638. The first-order chi connectivity index (χ1) is 5.52. The molecule has 3 nitrogen and oxygen atoms in total. The molecule has 1 rings (SSSR count). The normalized spacial score (nSPS) is 23.2. The Morgan fingerprint density at radius 2 is 2.25 bits per heavy atom. The molecule has 0 fully saturated rings. The van der Waals surface area contributed by atoms with Gasteiger partial charge in [0.15, 0.2) is 0 Å². The number of likely N-dealkylation sites (N-methyl/N-ethyl adjacent to an activating group) is 1. The van der Waals surface area contributed by atoms with Crippen molar-refractivity contribution in [2.24, 2.45) is 0 Å². The van der Waals surface area contributed by atoms with Gasteiger partial charge in [0.25, 0.3) is 0 Å². The lowest BCUT2D eigenvalue weighted by Crippen LogP contribution is -2.29. The van der Waals surface area contributed by atoms with Crippen LogP contribution in [0, 0.1) is 0 Å². The highest BCUT2D eigenvalue weighted by Crippen LogP contribution is 2.17. The number of nitrogens with zero attached hydrogens (tertiary/aromatic N) is 1. The lowest BCUT2D eigenvalue weighted by atomic mass is 10.1. The second-order valence-electron chi connectivity index (χ2n) is 3.06. The summed E-state index contributed by atoms with van der Waals surface area (Å²) in [6.07, 6.45) is 3.43. The predicted octanol–water partition coefficient (Wildman–Crippen LogP) is 1.24. The van der Waals surface area contributed by atoms with E-state index in [1.165, 1.54) is 0 Å². The van der Waals surface area contributed by atoms with E-state index in [0.29, 0.717) is 5.57 Å². The molecule has 0 aromatic rings. The van der Waals surface area contributed by atoms with E-state index in [1.807, 2.05) is 25.8 Å². The average molecular weight is 167 g/mol. The minimum Gasteiger partial charge on any atom is -0.478 e. The highest BCUT2D eigenvalue weighted by molar-refractivity contribution is 5.90. The zero-order valence-corrected chi connectivity index (χ0v) is 7.53. The molecule has 0 spiro atoms. The topological polar surface area (TPSA) is 40.5 Å². The Morgan fingerprint density at radius 3 is 2.67 bits per heavy atom. The molecule has 1 aliphatic heterocycles. The lowest BCUT2D eigenvalue weighted by Gasteiger charge is -2.28.